The van der Waals surface area contributed by atoms with E-state index in [0.29, 0.717) is 0 Å². The van der Waals surface area contributed by atoms with E-state index in [0.717, 1.165) is 0 Å². The van der Waals surface area contributed by atoms with E-state index in [2.05, 4.69) is 20.8 Å². The Labute approximate surface area is 58.9 Å². The largest absolute Gasteiger partial charge is 1.00 e. The average Bonchev–Trinajstić information content (AvgIpc) is 1.65. The Kier molecular flexibility index (Phi) is 9.95. The molecule has 0 spiro atoms. The van der Waals surface area contributed by atoms with Crippen molar-refractivity contribution in [3.05, 3.63) is 5.92 Å². The first-order valence-corrected chi connectivity index (χ1v) is 2.62. The standard InChI is InChI=1S/C6H13.Li/c1-4-6(3)5-2;/h4-5H2,1-3H3;/q-1;+1. The fourth-order valence-electron chi connectivity index (χ4n) is 0.250. The molecular weight excluding hydrogens is 79.0 g/mol. The molecule has 0 nitrogen and oxygen atoms in total. The third-order valence-corrected chi connectivity index (χ3v) is 1.21. The summed E-state index contributed by atoms with van der Waals surface area (Å²) in [7, 11) is 0. The van der Waals surface area contributed by atoms with Crippen LogP contribution < -0.4 is 18.9 Å². The Morgan fingerprint density at radius 2 is 1.43 bits per heavy atom. The number of rotatable bonds is 2. The minimum Gasteiger partial charge on any atom is -0.317 e. The monoisotopic (exact) mass is 92.1 g/mol. The molecule has 0 saturated heterocycles. The molecule has 0 radical (unpaired) electrons. The van der Waals surface area contributed by atoms with Gasteiger partial charge in [-0.25, -0.2) is 0 Å². The van der Waals surface area contributed by atoms with Gasteiger partial charge in [0, 0.05) is 0 Å². The van der Waals surface area contributed by atoms with Gasteiger partial charge in [-0.1, -0.05) is 13.8 Å². The normalized spacial score (nSPS) is 8.57. The van der Waals surface area contributed by atoms with Crippen LogP contribution in [0.3, 0.4) is 0 Å². The van der Waals surface area contributed by atoms with Gasteiger partial charge in [-0.2, -0.15) is 19.8 Å². The van der Waals surface area contributed by atoms with Crippen molar-refractivity contribution in [3.63, 3.8) is 0 Å². The first-order valence-electron chi connectivity index (χ1n) is 2.62. The van der Waals surface area contributed by atoms with E-state index in [9.17, 15) is 0 Å². The summed E-state index contributed by atoms with van der Waals surface area (Å²) in [4.78, 5) is 0. The molecule has 0 rings (SSSR count). The van der Waals surface area contributed by atoms with Gasteiger partial charge in [0.25, 0.3) is 0 Å². The first kappa shape index (κ1) is 10.6. The first-order chi connectivity index (χ1) is 2.81. The maximum atomic E-state index is 2.19. The summed E-state index contributed by atoms with van der Waals surface area (Å²) in [6.45, 7) is 6.58. The van der Waals surface area contributed by atoms with E-state index in [1.54, 1.807) is 5.92 Å². The van der Waals surface area contributed by atoms with Crippen molar-refractivity contribution in [1.29, 1.82) is 0 Å². The molecule has 1 heteroatoms. The van der Waals surface area contributed by atoms with Gasteiger partial charge in [-0.15, -0.1) is 0 Å². The van der Waals surface area contributed by atoms with E-state index in [4.69, 9.17) is 0 Å². The molecule has 0 aromatic heterocycles. The third kappa shape index (κ3) is 6.60. The van der Waals surface area contributed by atoms with E-state index in [-0.39, 0.29) is 18.9 Å². The molecule has 0 heterocycles. The summed E-state index contributed by atoms with van der Waals surface area (Å²) in [6.07, 6.45) is 2.49. The molecule has 0 aromatic rings. The van der Waals surface area contributed by atoms with E-state index < -0.39 is 0 Å². The van der Waals surface area contributed by atoms with Crippen molar-refractivity contribution >= 4 is 0 Å². The summed E-state index contributed by atoms with van der Waals surface area (Å²) >= 11 is 0. The number of hydrogen-bond acceptors (Lipinski definition) is 0. The zero-order valence-corrected chi connectivity index (χ0v) is 5.91. The summed E-state index contributed by atoms with van der Waals surface area (Å²) < 4.78 is 0. The number of hydrogen-bond donors (Lipinski definition) is 0. The minimum atomic E-state index is 0. The Bertz CT molecular complexity index is 23.4. The summed E-state index contributed by atoms with van der Waals surface area (Å²) in [6, 6.07) is 0. The third-order valence-electron chi connectivity index (χ3n) is 1.21. The van der Waals surface area contributed by atoms with E-state index in [1.165, 1.54) is 12.8 Å². The van der Waals surface area contributed by atoms with Crippen molar-refractivity contribution in [1.82, 2.24) is 0 Å². The van der Waals surface area contributed by atoms with Crippen LogP contribution in [0.1, 0.15) is 33.6 Å². The maximum Gasteiger partial charge on any atom is 1.00 e. The van der Waals surface area contributed by atoms with Crippen LogP contribution in [-0.2, 0) is 0 Å². The molecule has 0 saturated carbocycles. The van der Waals surface area contributed by atoms with Gasteiger partial charge in [0.2, 0.25) is 0 Å². The van der Waals surface area contributed by atoms with E-state index >= 15 is 0 Å². The van der Waals surface area contributed by atoms with Crippen molar-refractivity contribution in [3.8, 4) is 0 Å². The molecule has 0 aliphatic carbocycles. The van der Waals surface area contributed by atoms with Crippen LogP contribution in [0.2, 0.25) is 0 Å². The van der Waals surface area contributed by atoms with Gasteiger partial charge in [-0.05, 0) is 0 Å². The second kappa shape index (κ2) is 6.60. The summed E-state index contributed by atoms with van der Waals surface area (Å²) in [5, 5.41) is 0. The Balaban J connectivity index is 0. The topological polar surface area (TPSA) is 0 Å². The molecule has 0 aliphatic heterocycles. The summed E-state index contributed by atoms with van der Waals surface area (Å²) in [5.41, 5.74) is 0. The van der Waals surface area contributed by atoms with Crippen molar-refractivity contribution in [2.45, 2.75) is 33.6 Å². The molecule has 7 heavy (non-hydrogen) atoms. The van der Waals surface area contributed by atoms with Crippen LogP contribution in [0.4, 0.5) is 0 Å². The van der Waals surface area contributed by atoms with E-state index in [1.807, 2.05) is 0 Å². The zero-order chi connectivity index (χ0) is 4.99. The van der Waals surface area contributed by atoms with Gasteiger partial charge < -0.3 is 5.92 Å². The SMILES string of the molecule is CC[C-](C)CC.[Li+]. The zero-order valence-electron chi connectivity index (χ0n) is 5.91. The van der Waals surface area contributed by atoms with Crippen LogP contribution in [0.25, 0.3) is 0 Å². The molecule has 38 valence electrons. The van der Waals surface area contributed by atoms with Gasteiger partial charge in [0.15, 0.2) is 0 Å². The van der Waals surface area contributed by atoms with Gasteiger partial charge >= 0.3 is 18.9 Å². The fourth-order valence-corrected chi connectivity index (χ4v) is 0.250. The van der Waals surface area contributed by atoms with Crippen LogP contribution in [0.15, 0.2) is 0 Å². The van der Waals surface area contributed by atoms with Crippen LogP contribution >= 0.6 is 0 Å². The van der Waals surface area contributed by atoms with Crippen molar-refractivity contribution < 1.29 is 18.9 Å². The van der Waals surface area contributed by atoms with Crippen LogP contribution in [0.5, 0.6) is 0 Å². The predicted octanol–water partition coefficient (Wildman–Crippen LogP) is -0.595. The van der Waals surface area contributed by atoms with Gasteiger partial charge in [-0.3, -0.25) is 0 Å². The van der Waals surface area contributed by atoms with Gasteiger partial charge in [0.1, 0.15) is 0 Å². The smallest absolute Gasteiger partial charge is 0.317 e. The Hall–Kier alpha value is 0.597. The molecular formula is C6H13Li. The molecule has 0 fully saturated rings. The quantitative estimate of drug-likeness (QED) is 0.315. The van der Waals surface area contributed by atoms with Crippen molar-refractivity contribution in [2.75, 3.05) is 0 Å². The molecule has 0 aromatic carbocycles. The second-order valence-electron chi connectivity index (χ2n) is 1.66. The molecule has 0 aliphatic rings. The van der Waals surface area contributed by atoms with Crippen molar-refractivity contribution in [2.24, 2.45) is 0 Å². The molecule has 0 unspecified atom stereocenters. The second-order valence-corrected chi connectivity index (χ2v) is 1.66. The maximum absolute atomic E-state index is 2.19. The molecule has 0 bridgehead atoms. The van der Waals surface area contributed by atoms with Gasteiger partial charge in [0.05, 0.1) is 0 Å². The summed E-state index contributed by atoms with van der Waals surface area (Å²) in [5.74, 6) is 1.59. The molecule has 0 N–H and O–H groups in total. The Morgan fingerprint density at radius 3 is 1.43 bits per heavy atom. The molecule has 0 atom stereocenters. The average molecular weight is 92.1 g/mol. The fraction of sp³-hybridized carbons (Fsp3) is 0.833. The predicted molar refractivity (Wildman–Crippen MR) is 29.5 cm³/mol. The molecule has 0 amide bonds. The Morgan fingerprint density at radius 1 is 1.14 bits per heavy atom. The minimum absolute atomic E-state index is 0. The van der Waals surface area contributed by atoms with Crippen LogP contribution in [-0.4, -0.2) is 0 Å². The van der Waals surface area contributed by atoms with Crippen LogP contribution in [0, 0.1) is 5.92 Å².